The van der Waals surface area contributed by atoms with Crippen LogP contribution in [-0.2, 0) is 0 Å². The van der Waals surface area contributed by atoms with Crippen LogP contribution in [0.1, 0.15) is 111 Å². The second-order valence-electron chi connectivity index (χ2n) is 13.5. The minimum atomic E-state index is 0.469. The molecule has 4 aliphatic carbocycles. The second-order valence-corrected chi connectivity index (χ2v) is 13.5. The lowest BCUT2D eigenvalue weighted by Gasteiger charge is -2.58. The molecule has 0 aliphatic heterocycles. The van der Waals surface area contributed by atoms with E-state index in [1.165, 1.54) is 70.6 Å². The maximum absolute atomic E-state index is 2.75. The first-order valence-corrected chi connectivity index (χ1v) is 14.5. The number of hydrogen-bond donors (Lipinski definition) is 0. The summed E-state index contributed by atoms with van der Waals surface area (Å²) < 4.78 is 2.48. The second kappa shape index (κ2) is 9.16. The molecule has 1 nitrogen and oxygen atoms in total. The molecule has 1 heteroatoms. The normalized spacial score (nSPS) is 41.2. The van der Waals surface area contributed by atoms with Gasteiger partial charge in [0.15, 0.2) is 18.4 Å². The lowest BCUT2D eigenvalue weighted by Crippen LogP contribution is -2.52. The van der Waals surface area contributed by atoms with Gasteiger partial charge in [-0.3, -0.25) is 0 Å². The van der Waals surface area contributed by atoms with Crippen molar-refractivity contribution in [2.75, 3.05) is 0 Å². The van der Waals surface area contributed by atoms with Crippen LogP contribution in [0.15, 0.2) is 42.2 Å². The summed E-state index contributed by atoms with van der Waals surface area (Å²) >= 11 is 0. The Labute approximate surface area is 204 Å². The van der Waals surface area contributed by atoms with E-state index in [0.717, 1.165) is 35.5 Å². The number of allylic oxidation sites excluding steroid dienone is 2. The first-order valence-electron chi connectivity index (χ1n) is 14.5. The van der Waals surface area contributed by atoms with Crippen molar-refractivity contribution in [1.29, 1.82) is 0 Å². The van der Waals surface area contributed by atoms with Crippen molar-refractivity contribution in [1.82, 2.24) is 0 Å². The molecule has 33 heavy (non-hydrogen) atoms. The monoisotopic (exact) mass is 448 g/mol. The summed E-state index contributed by atoms with van der Waals surface area (Å²) in [4.78, 5) is 0. The molecule has 4 aliphatic rings. The molecule has 3 saturated carbocycles. The van der Waals surface area contributed by atoms with Gasteiger partial charge >= 0.3 is 0 Å². The highest BCUT2D eigenvalue weighted by molar-refractivity contribution is 5.25. The van der Waals surface area contributed by atoms with Crippen LogP contribution in [0.5, 0.6) is 0 Å². The Morgan fingerprint density at radius 1 is 0.909 bits per heavy atom. The number of fused-ring (bicyclic) bond motifs is 5. The number of hydrogen-bond acceptors (Lipinski definition) is 0. The molecule has 0 bridgehead atoms. The Kier molecular flexibility index (Phi) is 6.56. The van der Waals surface area contributed by atoms with Crippen molar-refractivity contribution >= 4 is 0 Å². The molecule has 0 amide bonds. The van der Waals surface area contributed by atoms with E-state index in [1.807, 2.05) is 5.57 Å². The third kappa shape index (κ3) is 4.14. The number of nitrogens with zero attached hydrogens (tertiary/aromatic N) is 1. The van der Waals surface area contributed by atoms with Gasteiger partial charge in [-0.1, -0.05) is 71.6 Å². The van der Waals surface area contributed by atoms with Crippen molar-refractivity contribution in [2.24, 2.45) is 46.3 Å². The van der Waals surface area contributed by atoms with Crippen molar-refractivity contribution in [3.05, 3.63) is 42.2 Å². The van der Waals surface area contributed by atoms with Gasteiger partial charge in [0.25, 0.3) is 0 Å². The highest BCUT2D eigenvalue weighted by Gasteiger charge is 2.59. The van der Waals surface area contributed by atoms with Crippen molar-refractivity contribution in [3.8, 4) is 0 Å². The van der Waals surface area contributed by atoms with Crippen LogP contribution in [-0.4, -0.2) is 0 Å². The first kappa shape index (κ1) is 23.6. The molecule has 0 spiro atoms. The fourth-order valence-corrected chi connectivity index (χ4v) is 9.58. The molecule has 0 aromatic carbocycles. The Balaban J connectivity index is 1.31. The topological polar surface area (TPSA) is 3.88 Å². The lowest BCUT2D eigenvalue weighted by molar-refractivity contribution is -0.725. The van der Waals surface area contributed by atoms with E-state index >= 15 is 0 Å². The van der Waals surface area contributed by atoms with Gasteiger partial charge in [0.05, 0.1) is 0 Å². The van der Waals surface area contributed by atoms with E-state index in [0.29, 0.717) is 16.9 Å². The molecule has 182 valence electrons. The SMILES string of the molecule is CC(C)CCC[C@H](C)[C@H]1CC[C@H]2[C@@H]3CC=C4C[C@H]([n+]5ccccc5)CC[C@]4(C)[C@H]3CC[C@]12C. The van der Waals surface area contributed by atoms with E-state index < -0.39 is 0 Å². The lowest BCUT2D eigenvalue weighted by atomic mass is 9.47. The third-order valence-corrected chi connectivity index (χ3v) is 11.4. The Morgan fingerprint density at radius 3 is 2.45 bits per heavy atom. The molecule has 1 heterocycles. The van der Waals surface area contributed by atoms with Gasteiger partial charge in [0, 0.05) is 25.0 Å². The summed E-state index contributed by atoms with van der Waals surface area (Å²) in [5.41, 5.74) is 2.89. The van der Waals surface area contributed by atoms with Crippen LogP contribution in [0.25, 0.3) is 0 Å². The van der Waals surface area contributed by atoms with Crippen molar-refractivity contribution < 1.29 is 4.57 Å². The average molecular weight is 449 g/mol. The molecule has 3 fully saturated rings. The summed E-state index contributed by atoms with van der Waals surface area (Å²) in [6.45, 7) is 12.8. The largest absolute Gasteiger partial charge is 0.202 e. The molecule has 1 aromatic rings. The standard InChI is InChI=1S/C32H50N/c1-23(2)10-9-11-24(3)28-14-15-29-27-13-12-25-22-26(33-20-7-6-8-21-33)16-18-31(25,4)30(27)17-19-32(28,29)5/h6-8,12,20-21,23-24,26-30H,9-11,13-19,22H2,1-5H3/q+1/t24-,26+,27-,28+,29-,30-,31-,32+/m0/s1. The van der Waals surface area contributed by atoms with Crippen LogP contribution in [0, 0.1) is 46.3 Å². The minimum absolute atomic E-state index is 0.469. The van der Waals surface area contributed by atoms with E-state index in [4.69, 9.17) is 0 Å². The quantitative estimate of drug-likeness (QED) is 0.303. The van der Waals surface area contributed by atoms with E-state index in [9.17, 15) is 0 Å². The maximum Gasteiger partial charge on any atom is 0.169 e. The summed E-state index contributed by atoms with van der Waals surface area (Å²) in [6.07, 6.45) is 23.0. The fourth-order valence-electron chi connectivity index (χ4n) is 9.58. The number of pyridine rings is 1. The molecular formula is C32H50N+. The zero-order chi connectivity index (χ0) is 23.2. The van der Waals surface area contributed by atoms with Crippen LogP contribution in [0.3, 0.4) is 0 Å². The minimum Gasteiger partial charge on any atom is -0.202 e. The summed E-state index contributed by atoms with van der Waals surface area (Å²) in [5, 5.41) is 0. The molecule has 0 unspecified atom stereocenters. The first-order chi connectivity index (χ1) is 15.8. The van der Waals surface area contributed by atoms with Crippen molar-refractivity contribution in [2.45, 2.75) is 111 Å². The van der Waals surface area contributed by atoms with Crippen LogP contribution in [0.2, 0.25) is 0 Å². The van der Waals surface area contributed by atoms with Gasteiger partial charge in [-0.2, -0.15) is 0 Å². The van der Waals surface area contributed by atoms with Gasteiger partial charge in [-0.15, -0.1) is 0 Å². The predicted molar refractivity (Wildman–Crippen MR) is 139 cm³/mol. The molecule has 0 saturated heterocycles. The molecule has 8 atom stereocenters. The van der Waals surface area contributed by atoms with Crippen LogP contribution in [0.4, 0.5) is 0 Å². The van der Waals surface area contributed by atoms with Crippen molar-refractivity contribution in [3.63, 3.8) is 0 Å². The van der Waals surface area contributed by atoms with Gasteiger partial charge < -0.3 is 0 Å². The summed E-state index contributed by atoms with van der Waals surface area (Å²) in [5.74, 6) is 5.61. The Bertz CT molecular complexity index is 839. The fraction of sp³-hybridized carbons (Fsp3) is 0.781. The molecule has 5 rings (SSSR count). The third-order valence-electron chi connectivity index (χ3n) is 11.4. The van der Waals surface area contributed by atoms with Gasteiger partial charge in [-0.25, -0.2) is 4.57 Å². The smallest absolute Gasteiger partial charge is 0.169 e. The summed E-state index contributed by atoms with van der Waals surface area (Å²) in [7, 11) is 0. The molecule has 0 N–H and O–H groups in total. The van der Waals surface area contributed by atoms with Crippen LogP contribution >= 0.6 is 0 Å². The van der Waals surface area contributed by atoms with Crippen LogP contribution < -0.4 is 4.57 Å². The zero-order valence-electron chi connectivity index (χ0n) is 22.2. The highest BCUT2D eigenvalue weighted by atomic mass is 15.0. The molecular weight excluding hydrogens is 398 g/mol. The Hall–Kier alpha value is -1.11. The van der Waals surface area contributed by atoms with E-state index in [2.05, 4.69) is 75.9 Å². The zero-order valence-corrected chi connectivity index (χ0v) is 22.2. The van der Waals surface area contributed by atoms with E-state index in [1.54, 1.807) is 0 Å². The summed E-state index contributed by atoms with van der Waals surface area (Å²) in [6, 6.07) is 7.20. The Morgan fingerprint density at radius 2 is 1.70 bits per heavy atom. The number of aromatic nitrogens is 1. The van der Waals surface area contributed by atoms with Gasteiger partial charge in [0.2, 0.25) is 0 Å². The van der Waals surface area contributed by atoms with Gasteiger partial charge in [0.1, 0.15) is 0 Å². The maximum atomic E-state index is 2.75. The molecule has 0 radical (unpaired) electrons. The molecule has 1 aromatic heterocycles. The average Bonchev–Trinajstić information content (AvgIpc) is 3.16. The number of rotatable bonds is 6. The highest BCUT2D eigenvalue weighted by Crippen LogP contribution is 2.67. The van der Waals surface area contributed by atoms with E-state index in [-0.39, 0.29) is 0 Å². The van der Waals surface area contributed by atoms with Gasteiger partial charge in [-0.05, 0) is 84.9 Å². The predicted octanol–water partition coefficient (Wildman–Crippen LogP) is 8.56.